The summed E-state index contributed by atoms with van der Waals surface area (Å²) in [6.45, 7) is 22.8. The third-order valence-electron chi connectivity index (χ3n) is 0.844. The van der Waals surface area contributed by atoms with Crippen molar-refractivity contribution in [2.24, 2.45) is 0 Å². The van der Waals surface area contributed by atoms with Crippen LogP contribution in [0.4, 0.5) is 0 Å². The number of aliphatic carboxylic acids is 19. The van der Waals surface area contributed by atoms with Crippen LogP contribution in [0.2, 0.25) is 0 Å². The second-order valence-corrected chi connectivity index (χ2v) is 11.5. The first kappa shape index (κ1) is 135. The zero-order valence-corrected chi connectivity index (χ0v) is 50.3. The second kappa shape index (κ2) is 130. The molecular weight excluding hydrogens is 1180 g/mol. The number of carbonyl (C=O) groups is 20. The lowest BCUT2D eigenvalue weighted by Crippen LogP contribution is -2.03. The first-order chi connectivity index (χ1) is 37.2. The molecule has 0 fully saturated rings. The normalized spacial score (nSPS) is 6.55. The number of rotatable bonds is 4. The van der Waals surface area contributed by atoms with Gasteiger partial charge in [-0.3, -0.25) is 95.9 Å². The molecule has 0 aliphatic heterocycles. The maximum absolute atomic E-state index is 10.5. The molecule has 510 valence electrons. The fraction of sp³-hybridized carbons (Fsp3) is 0.545. The van der Waals surface area contributed by atoms with Gasteiger partial charge in [-0.1, -0.05) is 0 Å². The van der Waals surface area contributed by atoms with Crippen molar-refractivity contribution < 1.29 is 203 Å². The van der Waals surface area contributed by atoms with Crippen LogP contribution in [0.3, 0.4) is 0 Å². The Morgan fingerprint density at radius 3 is 0.329 bits per heavy atom. The fourth-order valence-corrected chi connectivity index (χ4v) is 0.457. The molecule has 41 nitrogen and oxygen atoms in total. The number of carboxylic acids is 19. The minimum Gasteiger partial charge on any atom is -0.481 e. The van der Waals surface area contributed by atoms with Crippen LogP contribution < -0.4 is 0 Å². The number of aliphatic hydroxyl groups is 1. The van der Waals surface area contributed by atoms with E-state index in [9.17, 15) is 4.79 Å². The smallest absolute Gasteiger partial charge is 0.305 e. The molecule has 0 aromatic carbocycles. The molecule has 0 saturated carbocycles. The van der Waals surface area contributed by atoms with Gasteiger partial charge in [0.25, 0.3) is 113 Å². The van der Waals surface area contributed by atoms with E-state index in [4.69, 9.17) is 193 Å². The molecule has 0 aliphatic rings. The summed E-state index contributed by atoms with van der Waals surface area (Å²) in [7, 11) is 0. The van der Waals surface area contributed by atoms with Gasteiger partial charge in [0.05, 0.1) is 6.61 Å². The quantitative estimate of drug-likeness (QED) is 0.179. The van der Waals surface area contributed by atoms with Gasteiger partial charge in [-0.05, 0) is 13.3 Å². The van der Waals surface area contributed by atoms with Gasteiger partial charge in [-0.15, -0.1) is 0 Å². The van der Waals surface area contributed by atoms with Crippen LogP contribution in [0.1, 0.15) is 151 Å². The maximum atomic E-state index is 10.5. The molecule has 0 heterocycles. The largest absolute Gasteiger partial charge is 0.481 e. The molecule has 0 spiro atoms. The molecule has 0 rings (SSSR count). The summed E-state index contributed by atoms with van der Waals surface area (Å²) >= 11 is 0. The minimum absolute atomic E-state index is 0.0544. The highest BCUT2D eigenvalue weighted by atomic mass is 16.5. The van der Waals surface area contributed by atoms with E-state index < -0.39 is 113 Å². The van der Waals surface area contributed by atoms with Crippen molar-refractivity contribution in [3.63, 3.8) is 0 Å². The number of carboxylic acid groups (broad SMARTS) is 19. The molecule has 41 heteroatoms. The summed E-state index contributed by atoms with van der Waals surface area (Å²) in [5.74, 6) is -16.1. The lowest BCUT2D eigenvalue weighted by Gasteiger charge is -1.97. The number of hydrogen-bond acceptors (Lipinski definition) is 22. The van der Waals surface area contributed by atoms with Crippen molar-refractivity contribution in [1.82, 2.24) is 0 Å². The highest BCUT2D eigenvalue weighted by Crippen LogP contribution is 1.90. The summed E-state index contributed by atoms with van der Waals surface area (Å²) in [4.78, 5) is 181. The summed E-state index contributed by atoms with van der Waals surface area (Å²) < 4.78 is 4.59. The number of hydrogen-bond donors (Lipinski definition) is 20. The topological polar surface area (TPSA) is 755 Å². The van der Waals surface area contributed by atoms with E-state index in [1.807, 2.05) is 0 Å². The van der Waals surface area contributed by atoms with E-state index in [0.29, 0.717) is 19.4 Å². The van der Waals surface area contributed by atoms with Crippen molar-refractivity contribution >= 4 is 119 Å². The standard InChI is InChI=1S/C6H12O3.19C2H4O2/c1-2-9-6(8)4-3-5-7;19*1-2(3)4/h7H,2-5H2,1H3;19*1H3,(H,3,4). The lowest BCUT2D eigenvalue weighted by atomic mass is 10.3. The average molecular weight is 1270 g/mol. The molecule has 20 N–H and O–H groups in total. The van der Waals surface area contributed by atoms with E-state index in [1.54, 1.807) is 6.92 Å². The SMILES string of the molecule is CC(=O)O.CC(=O)O.CC(=O)O.CC(=O)O.CC(=O)O.CC(=O)O.CC(=O)O.CC(=O)O.CC(=O)O.CC(=O)O.CC(=O)O.CC(=O)O.CC(=O)O.CC(=O)O.CC(=O)O.CC(=O)O.CC(=O)O.CC(=O)O.CC(=O)O.CCOC(=O)CCCO. The van der Waals surface area contributed by atoms with Gasteiger partial charge in [0.1, 0.15) is 0 Å². The van der Waals surface area contributed by atoms with Crippen molar-refractivity contribution in [2.45, 2.75) is 151 Å². The Kier molecular flexibility index (Phi) is 207. The van der Waals surface area contributed by atoms with Gasteiger partial charge in [0.2, 0.25) is 0 Å². The van der Waals surface area contributed by atoms with Crippen LogP contribution in [0, 0.1) is 0 Å². The van der Waals surface area contributed by atoms with Crippen LogP contribution in [-0.2, 0) is 101 Å². The third kappa shape index (κ3) is 28200. The van der Waals surface area contributed by atoms with Crippen molar-refractivity contribution in [3.05, 3.63) is 0 Å². The monoisotopic (exact) mass is 1270 g/mol. The Bertz CT molecular complexity index is 1190. The fourth-order valence-electron chi connectivity index (χ4n) is 0.457. The Morgan fingerprint density at radius 1 is 0.212 bits per heavy atom. The predicted molar refractivity (Wildman–Crippen MR) is 286 cm³/mol. The van der Waals surface area contributed by atoms with Crippen LogP contribution in [0.25, 0.3) is 0 Å². The van der Waals surface area contributed by atoms with Gasteiger partial charge < -0.3 is 107 Å². The molecular formula is C44H88O41. The molecule has 0 atom stereocenters. The van der Waals surface area contributed by atoms with Crippen molar-refractivity contribution in [1.29, 1.82) is 0 Å². The molecule has 0 saturated heterocycles. The molecule has 0 aromatic rings. The molecule has 0 unspecified atom stereocenters. The first-order valence-corrected chi connectivity index (χ1v) is 20.7. The molecule has 0 bridgehead atoms. The van der Waals surface area contributed by atoms with Crippen molar-refractivity contribution in [2.75, 3.05) is 13.2 Å². The highest BCUT2D eigenvalue weighted by Gasteiger charge is 1.98. The number of esters is 1. The Morgan fingerprint density at radius 2 is 0.282 bits per heavy atom. The average Bonchev–Trinajstić information content (AvgIpc) is 3.10. The Labute approximate surface area is 486 Å². The lowest BCUT2D eigenvalue weighted by molar-refractivity contribution is -0.144. The third-order valence-corrected chi connectivity index (χ3v) is 0.844. The maximum Gasteiger partial charge on any atom is 0.305 e. The summed E-state index contributed by atoms with van der Waals surface area (Å²) in [5.41, 5.74) is 0. The van der Waals surface area contributed by atoms with E-state index in [0.717, 1.165) is 132 Å². The van der Waals surface area contributed by atoms with E-state index >= 15 is 0 Å². The molecule has 0 radical (unpaired) electrons. The zero-order chi connectivity index (χ0) is 75.1. The van der Waals surface area contributed by atoms with Gasteiger partial charge in [0.15, 0.2) is 0 Å². The van der Waals surface area contributed by atoms with Crippen molar-refractivity contribution in [3.8, 4) is 0 Å². The second-order valence-electron chi connectivity index (χ2n) is 11.5. The first-order valence-electron chi connectivity index (χ1n) is 20.7. The Hall–Kier alpha value is -10.6. The number of aliphatic hydroxyl groups excluding tert-OH is 1. The Balaban J connectivity index is -0.0000000292. The molecule has 0 aromatic heterocycles. The number of ether oxygens (including phenoxy) is 1. The van der Waals surface area contributed by atoms with E-state index in [-0.39, 0.29) is 12.6 Å². The van der Waals surface area contributed by atoms with E-state index in [1.165, 1.54) is 0 Å². The predicted octanol–water partition coefficient (Wildman–Crippen LogP) is 2.05. The molecule has 85 heavy (non-hydrogen) atoms. The molecule has 0 aliphatic carbocycles. The summed E-state index contributed by atoms with van der Waals surface area (Å²) in [5, 5.41) is 149. The van der Waals surface area contributed by atoms with E-state index in [2.05, 4.69) is 4.74 Å². The van der Waals surface area contributed by atoms with Crippen LogP contribution >= 0.6 is 0 Å². The molecule has 0 amide bonds. The van der Waals surface area contributed by atoms with Gasteiger partial charge in [-0.2, -0.15) is 0 Å². The minimum atomic E-state index is -0.833. The van der Waals surface area contributed by atoms with Crippen LogP contribution in [-0.4, -0.2) is 235 Å². The summed E-state index contributed by atoms with van der Waals surface area (Å²) in [6.07, 6.45) is 0.823. The van der Waals surface area contributed by atoms with Gasteiger partial charge in [0, 0.05) is 145 Å². The van der Waals surface area contributed by atoms with Crippen LogP contribution in [0.15, 0.2) is 0 Å². The van der Waals surface area contributed by atoms with Gasteiger partial charge >= 0.3 is 5.97 Å². The summed E-state index contributed by atoms with van der Waals surface area (Å²) in [6, 6.07) is 0. The van der Waals surface area contributed by atoms with Crippen LogP contribution in [0.5, 0.6) is 0 Å². The van der Waals surface area contributed by atoms with Gasteiger partial charge in [-0.25, -0.2) is 0 Å². The number of carbonyl (C=O) groups excluding carboxylic acids is 1. The zero-order valence-electron chi connectivity index (χ0n) is 50.3. The highest BCUT2D eigenvalue weighted by molar-refractivity contribution is 5.69.